The van der Waals surface area contributed by atoms with Crippen molar-refractivity contribution in [2.75, 3.05) is 7.11 Å². The van der Waals surface area contributed by atoms with E-state index in [0.29, 0.717) is 0 Å². The lowest BCUT2D eigenvalue weighted by Crippen LogP contribution is -2.21. The van der Waals surface area contributed by atoms with Crippen molar-refractivity contribution in [3.63, 3.8) is 0 Å². The van der Waals surface area contributed by atoms with Gasteiger partial charge in [-0.3, -0.25) is 4.84 Å². The fraction of sp³-hybridized carbons (Fsp3) is 0.333. The molecule has 1 heterocycles. The van der Waals surface area contributed by atoms with Crippen molar-refractivity contribution in [1.29, 1.82) is 0 Å². The number of rotatable bonds is 3. The highest BCUT2D eigenvalue weighted by molar-refractivity contribution is 9.11. The summed E-state index contributed by atoms with van der Waals surface area (Å²) in [5.74, 6) is 0. The van der Waals surface area contributed by atoms with E-state index in [0.717, 1.165) is 20.7 Å². The summed E-state index contributed by atoms with van der Waals surface area (Å²) in [6.45, 7) is 1.83. The third-order valence-electron chi connectivity index (χ3n) is 1.29. The Kier molecular flexibility index (Phi) is 3.47. The fourth-order valence-electron chi connectivity index (χ4n) is 0.715. The largest absolute Gasteiger partial charge is 0.290 e. The first-order chi connectivity index (χ1) is 5.97. The summed E-state index contributed by atoms with van der Waals surface area (Å²) in [6, 6.07) is 1.58. The predicted molar refractivity (Wildman–Crippen MR) is 54.1 cm³/mol. The maximum absolute atomic E-state index is 11.4. The van der Waals surface area contributed by atoms with Crippen molar-refractivity contribution in [2.24, 2.45) is 0 Å². The minimum Gasteiger partial charge on any atom is -0.290 e. The molecule has 1 aromatic heterocycles. The summed E-state index contributed by atoms with van der Waals surface area (Å²) >= 11 is 4.39. The van der Waals surface area contributed by atoms with Crippen LogP contribution in [0.2, 0.25) is 0 Å². The average molecular weight is 286 g/mol. The second-order valence-electron chi connectivity index (χ2n) is 2.31. The van der Waals surface area contributed by atoms with Gasteiger partial charge < -0.3 is 0 Å². The molecular formula is C6H8BrNO3S2. The summed E-state index contributed by atoms with van der Waals surface area (Å²) in [4.78, 5) is 6.30. The van der Waals surface area contributed by atoms with Gasteiger partial charge in [0.1, 0.15) is 4.21 Å². The molecule has 74 valence electrons. The molecule has 4 nitrogen and oxygen atoms in total. The van der Waals surface area contributed by atoms with Crippen molar-refractivity contribution in [3.05, 3.63) is 15.4 Å². The van der Waals surface area contributed by atoms with Gasteiger partial charge in [-0.15, -0.1) is 11.3 Å². The van der Waals surface area contributed by atoms with E-state index in [4.69, 9.17) is 0 Å². The Balaban J connectivity index is 3.08. The SMILES string of the molecule is CONS(=O)(=O)c1cc(C)c(Br)s1. The van der Waals surface area contributed by atoms with Crippen molar-refractivity contribution in [1.82, 2.24) is 4.89 Å². The minimum atomic E-state index is -3.50. The normalized spacial score (nSPS) is 11.9. The Labute approximate surface area is 89.0 Å². The molecule has 13 heavy (non-hydrogen) atoms. The van der Waals surface area contributed by atoms with Gasteiger partial charge in [0.05, 0.1) is 10.9 Å². The first-order valence-electron chi connectivity index (χ1n) is 3.28. The fourth-order valence-corrected chi connectivity index (χ4v) is 3.73. The van der Waals surface area contributed by atoms with Crippen LogP contribution in [0.15, 0.2) is 14.1 Å². The molecule has 1 N–H and O–H groups in total. The average Bonchev–Trinajstić information content (AvgIpc) is 2.33. The zero-order valence-corrected chi connectivity index (χ0v) is 10.2. The van der Waals surface area contributed by atoms with Crippen molar-refractivity contribution in [3.8, 4) is 0 Å². The number of aryl methyl sites for hydroxylation is 1. The molecule has 0 aliphatic heterocycles. The van der Waals surface area contributed by atoms with Crippen LogP contribution in [0.1, 0.15) is 5.56 Å². The summed E-state index contributed by atoms with van der Waals surface area (Å²) in [5.41, 5.74) is 0.890. The number of halogens is 1. The summed E-state index contributed by atoms with van der Waals surface area (Å²) in [6.07, 6.45) is 0. The second kappa shape index (κ2) is 4.05. The summed E-state index contributed by atoms with van der Waals surface area (Å²) in [5, 5.41) is 0. The van der Waals surface area contributed by atoms with Crippen LogP contribution in [0.4, 0.5) is 0 Å². The maximum Gasteiger partial charge on any atom is 0.271 e. The van der Waals surface area contributed by atoms with E-state index < -0.39 is 10.0 Å². The molecule has 0 aromatic carbocycles. The zero-order valence-electron chi connectivity index (χ0n) is 7.00. The van der Waals surface area contributed by atoms with E-state index >= 15 is 0 Å². The molecule has 7 heteroatoms. The highest BCUT2D eigenvalue weighted by Crippen LogP contribution is 2.30. The molecule has 1 rings (SSSR count). The lowest BCUT2D eigenvalue weighted by molar-refractivity contribution is 0.153. The molecule has 0 spiro atoms. The number of sulfonamides is 1. The van der Waals surface area contributed by atoms with E-state index in [-0.39, 0.29) is 4.21 Å². The molecule has 1 aromatic rings. The zero-order chi connectivity index (χ0) is 10.1. The Bertz CT molecular complexity index is 379. The monoisotopic (exact) mass is 285 g/mol. The number of hydrogen-bond acceptors (Lipinski definition) is 4. The molecule has 0 bridgehead atoms. The molecule has 0 amide bonds. The van der Waals surface area contributed by atoms with Crippen LogP contribution in [-0.2, 0) is 14.9 Å². The molecule has 0 aliphatic rings. The Morgan fingerprint density at radius 2 is 2.23 bits per heavy atom. The highest BCUT2D eigenvalue weighted by Gasteiger charge is 2.17. The number of thiophene rings is 1. The Hall–Kier alpha value is 0.0500. The number of nitrogens with one attached hydrogen (secondary N) is 1. The first-order valence-corrected chi connectivity index (χ1v) is 6.37. The Morgan fingerprint density at radius 3 is 2.62 bits per heavy atom. The van der Waals surface area contributed by atoms with Crippen LogP contribution in [0.25, 0.3) is 0 Å². The molecule has 0 unspecified atom stereocenters. The van der Waals surface area contributed by atoms with Gasteiger partial charge in [-0.25, -0.2) is 8.42 Å². The van der Waals surface area contributed by atoms with Crippen LogP contribution >= 0.6 is 27.3 Å². The Morgan fingerprint density at radius 1 is 1.62 bits per heavy atom. The third-order valence-corrected chi connectivity index (χ3v) is 5.17. The van der Waals surface area contributed by atoms with Gasteiger partial charge in [-0.2, -0.15) is 0 Å². The standard InChI is InChI=1S/C6H8BrNO3S2/c1-4-3-5(12-6(4)7)13(9,10)8-11-2/h3,8H,1-2H3. The van der Waals surface area contributed by atoms with Gasteiger partial charge in [0.15, 0.2) is 0 Å². The van der Waals surface area contributed by atoms with Crippen LogP contribution in [-0.4, -0.2) is 15.5 Å². The van der Waals surface area contributed by atoms with Gasteiger partial charge in [-0.1, -0.05) is 4.89 Å². The van der Waals surface area contributed by atoms with E-state index in [1.54, 1.807) is 6.07 Å². The van der Waals surface area contributed by atoms with Crippen LogP contribution in [0.5, 0.6) is 0 Å². The molecular weight excluding hydrogens is 278 g/mol. The van der Waals surface area contributed by atoms with Crippen LogP contribution < -0.4 is 4.89 Å². The predicted octanol–water partition coefficient (Wildman–Crippen LogP) is 1.66. The van der Waals surface area contributed by atoms with Gasteiger partial charge in [0, 0.05) is 0 Å². The molecule has 0 fully saturated rings. The van der Waals surface area contributed by atoms with E-state index in [2.05, 4.69) is 20.8 Å². The summed E-state index contributed by atoms with van der Waals surface area (Å²) in [7, 11) is -2.24. The summed E-state index contributed by atoms with van der Waals surface area (Å²) < 4.78 is 23.7. The van der Waals surface area contributed by atoms with E-state index in [9.17, 15) is 8.42 Å². The molecule has 0 atom stereocenters. The third kappa shape index (κ3) is 2.50. The minimum absolute atomic E-state index is 0.235. The quantitative estimate of drug-likeness (QED) is 0.860. The topological polar surface area (TPSA) is 55.4 Å². The second-order valence-corrected chi connectivity index (χ2v) is 6.55. The first kappa shape index (κ1) is 11.1. The molecule has 0 saturated carbocycles. The van der Waals surface area contributed by atoms with E-state index in [1.165, 1.54) is 7.11 Å². The van der Waals surface area contributed by atoms with Gasteiger partial charge in [0.2, 0.25) is 0 Å². The lowest BCUT2D eigenvalue weighted by atomic mass is 10.4. The van der Waals surface area contributed by atoms with Gasteiger partial charge in [0.25, 0.3) is 10.0 Å². The van der Waals surface area contributed by atoms with Crippen LogP contribution in [0, 0.1) is 6.92 Å². The van der Waals surface area contributed by atoms with Crippen molar-refractivity contribution < 1.29 is 13.3 Å². The van der Waals surface area contributed by atoms with Crippen LogP contribution in [0.3, 0.4) is 0 Å². The molecule has 0 radical (unpaired) electrons. The molecule has 0 saturated heterocycles. The smallest absolute Gasteiger partial charge is 0.271 e. The molecule has 0 aliphatic carbocycles. The lowest BCUT2D eigenvalue weighted by Gasteiger charge is -1.99. The van der Waals surface area contributed by atoms with E-state index in [1.807, 2.05) is 11.8 Å². The number of hydrogen-bond donors (Lipinski definition) is 1. The highest BCUT2D eigenvalue weighted by atomic mass is 79.9. The van der Waals surface area contributed by atoms with Gasteiger partial charge in [-0.05, 0) is 34.5 Å². The van der Waals surface area contributed by atoms with Gasteiger partial charge >= 0.3 is 0 Å². The van der Waals surface area contributed by atoms with Crippen molar-refractivity contribution in [2.45, 2.75) is 11.1 Å². The van der Waals surface area contributed by atoms with Crippen molar-refractivity contribution >= 4 is 37.3 Å². The maximum atomic E-state index is 11.4.